The Bertz CT molecular complexity index is 1360. The fraction of sp³-hybridized carbons (Fsp3) is 0.292. The third-order valence-corrected chi connectivity index (χ3v) is 5.85. The van der Waals surface area contributed by atoms with Crippen molar-refractivity contribution in [3.63, 3.8) is 0 Å². The van der Waals surface area contributed by atoms with Crippen molar-refractivity contribution in [3.8, 4) is 0 Å². The van der Waals surface area contributed by atoms with Gasteiger partial charge in [-0.15, -0.1) is 0 Å². The molecule has 0 unspecified atom stereocenters. The van der Waals surface area contributed by atoms with E-state index in [1.54, 1.807) is 0 Å². The van der Waals surface area contributed by atoms with Crippen LogP contribution in [0.5, 0.6) is 0 Å². The van der Waals surface area contributed by atoms with Crippen LogP contribution in [0.15, 0.2) is 47.3 Å². The molecule has 0 bridgehead atoms. The van der Waals surface area contributed by atoms with Crippen LogP contribution in [0.2, 0.25) is 0 Å². The fourth-order valence-corrected chi connectivity index (χ4v) is 4.20. The minimum Gasteiger partial charge on any atom is -0.478 e. The predicted molar refractivity (Wildman–Crippen MR) is 119 cm³/mol. The molecule has 34 heavy (non-hydrogen) atoms. The Balaban J connectivity index is 1.97. The van der Waals surface area contributed by atoms with Crippen molar-refractivity contribution in [3.05, 3.63) is 75.6 Å². The molecule has 1 aromatic heterocycles. The van der Waals surface area contributed by atoms with Gasteiger partial charge < -0.3 is 10.4 Å². The molecule has 3 aromatic rings. The number of benzene rings is 2. The summed E-state index contributed by atoms with van der Waals surface area (Å²) < 4.78 is 58.5. The number of rotatable bonds is 5. The quantitative estimate of drug-likeness (QED) is 0.480. The number of para-hydroxylation sites is 1. The highest BCUT2D eigenvalue weighted by atomic mass is 19.4. The van der Waals surface area contributed by atoms with Gasteiger partial charge in [0.25, 0.3) is 5.56 Å². The van der Waals surface area contributed by atoms with Crippen molar-refractivity contribution in [2.24, 2.45) is 7.05 Å². The summed E-state index contributed by atoms with van der Waals surface area (Å²) in [6.07, 6.45) is 0.148. The summed E-state index contributed by atoms with van der Waals surface area (Å²) in [6, 6.07) is 4.14. The van der Waals surface area contributed by atoms with E-state index >= 15 is 0 Å². The van der Waals surface area contributed by atoms with E-state index in [0.717, 1.165) is 37.0 Å². The molecule has 1 aliphatic carbocycles. The van der Waals surface area contributed by atoms with Crippen LogP contribution >= 0.6 is 0 Å². The number of anilines is 1. The van der Waals surface area contributed by atoms with Gasteiger partial charge in [-0.25, -0.2) is 14.2 Å². The maximum absolute atomic E-state index is 14.5. The fourth-order valence-electron chi connectivity index (χ4n) is 4.20. The maximum Gasteiger partial charge on any atom is 0.412 e. The van der Waals surface area contributed by atoms with Crippen molar-refractivity contribution in [1.29, 1.82) is 0 Å². The molecule has 1 atom stereocenters. The SMILES string of the molecule is Cn1c(C2=CCCCC2)nc2c([C@H](Nc3ccccc3C(=O)O)C(F)(F)F)cc(F)cc2c1=O. The maximum atomic E-state index is 14.5. The Morgan fingerprint density at radius 1 is 1.21 bits per heavy atom. The summed E-state index contributed by atoms with van der Waals surface area (Å²) in [5.74, 6) is -2.22. The molecule has 0 radical (unpaired) electrons. The second kappa shape index (κ2) is 8.92. The largest absolute Gasteiger partial charge is 0.478 e. The van der Waals surface area contributed by atoms with E-state index in [4.69, 9.17) is 0 Å². The minimum absolute atomic E-state index is 0.233. The van der Waals surface area contributed by atoms with E-state index in [0.29, 0.717) is 12.5 Å². The summed E-state index contributed by atoms with van der Waals surface area (Å²) in [5, 5.41) is 11.3. The standard InChI is InChI=1S/C24H21F4N3O3/c1-31-21(13-7-3-2-4-8-13)30-19-16(11-14(25)12-17(19)22(31)32)20(24(26,27)28)29-18-10-6-5-9-15(18)23(33)34/h5-7,9-12,20,29H,2-4,8H2,1H3,(H,33,34)/t20-/m0/s1. The molecule has 0 saturated heterocycles. The first-order valence-electron chi connectivity index (χ1n) is 10.6. The third-order valence-electron chi connectivity index (χ3n) is 5.85. The summed E-state index contributed by atoms with van der Waals surface area (Å²) >= 11 is 0. The van der Waals surface area contributed by atoms with Gasteiger partial charge in [-0.3, -0.25) is 9.36 Å². The molecule has 0 spiro atoms. The first-order chi connectivity index (χ1) is 16.1. The molecule has 2 aromatic carbocycles. The number of allylic oxidation sites excluding steroid dienone is 2. The normalized spacial score (nSPS) is 15.1. The van der Waals surface area contributed by atoms with Crippen LogP contribution in [0.25, 0.3) is 16.5 Å². The van der Waals surface area contributed by atoms with E-state index in [1.807, 2.05) is 6.08 Å². The molecule has 2 N–H and O–H groups in total. The highest BCUT2D eigenvalue weighted by molar-refractivity contribution is 5.94. The molecule has 1 aliphatic rings. The number of nitrogens with zero attached hydrogens (tertiary/aromatic N) is 2. The van der Waals surface area contributed by atoms with E-state index in [2.05, 4.69) is 10.3 Å². The van der Waals surface area contributed by atoms with Crippen LogP contribution in [-0.2, 0) is 7.05 Å². The zero-order valence-corrected chi connectivity index (χ0v) is 18.1. The number of nitrogens with one attached hydrogen (secondary N) is 1. The number of fused-ring (bicyclic) bond motifs is 1. The van der Waals surface area contributed by atoms with Crippen LogP contribution < -0.4 is 10.9 Å². The van der Waals surface area contributed by atoms with Crippen LogP contribution in [0, 0.1) is 5.82 Å². The molecule has 0 amide bonds. The van der Waals surface area contributed by atoms with Gasteiger partial charge in [-0.05, 0) is 55.5 Å². The smallest absolute Gasteiger partial charge is 0.412 e. The van der Waals surface area contributed by atoms with Gasteiger partial charge in [0.1, 0.15) is 11.6 Å². The third kappa shape index (κ3) is 4.40. The Morgan fingerprint density at radius 2 is 1.94 bits per heavy atom. The molecule has 0 aliphatic heterocycles. The van der Waals surface area contributed by atoms with Gasteiger partial charge in [-0.2, -0.15) is 13.2 Å². The van der Waals surface area contributed by atoms with Crippen LogP contribution in [0.1, 0.15) is 53.5 Å². The van der Waals surface area contributed by atoms with E-state index in [9.17, 15) is 32.3 Å². The van der Waals surface area contributed by atoms with E-state index in [1.165, 1.54) is 29.8 Å². The zero-order chi connectivity index (χ0) is 24.6. The van der Waals surface area contributed by atoms with Gasteiger partial charge in [0.2, 0.25) is 0 Å². The Kier molecular flexibility index (Phi) is 6.16. The van der Waals surface area contributed by atoms with Gasteiger partial charge >= 0.3 is 12.1 Å². The molecule has 4 rings (SSSR count). The van der Waals surface area contributed by atoms with Crippen molar-refractivity contribution in [2.75, 3.05) is 5.32 Å². The van der Waals surface area contributed by atoms with Crippen molar-refractivity contribution in [2.45, 2.75) is 37.9 Å². The van der Waals surface area contributed by atoms with E-state index < -0.39 is 35.1 Å². The number of aromatic nitrogens is 2. The number of carbonyl (C=O) groups is 1. The molecular formula is C24H21F4N3O3. The molecule has 0 saturated carbocycles. The topological polar surface area (TPSA) is 84.2 Å². The highest BCUT2D eigenvalue weighted by Crippen LogP contribution is 2.39. The van der Waals surface area contributed by atoms with Crippen LogP contribution in [0.4, 0.5) is 23.2 Å². The second-order valence-electron chi connectivity index (χ2n) is 8.14. The number of aromatic carboxylic acids is 1. The zero-order valence-electron chi connectivity index (χ0n) is 18.1. The average molecular weight is 475 g/mol. The lowest BCUT2D eigenvalue weighted by Gasteiger charge is -2.25. The molecule has 178 valence electrons. The Morgan fingerprint density at radius 3 is 2.59 bits per heavy atom. The van der Waals surface area contributed by atoms with Gasteiger partial charge in [-0.1, -0.05) is 18.2 Å². The lowest BCUT2D eigenvalue weighted by molar-refractivity contribution is -0.143. The monoisotopic (exact) mass is 475 g/mol. The number of hydrogen-bond acceptors (Lipinski definition) is 4. The number of carboxylic acids is 1. The minimum atomic E-state index is -4.96. The van der Waals surface area contributed by atoms with Crippen molar-refractivity contribution in [1.82, 2.24) is 9.55 Å². The van der Waals surface area contributed by atoms with Crippen LogP contribution in [0.3, 0.4) is 0 Å². The summed E-state index contributed by atoms with van der Waals surface area (Å²) in [6.45, 7) is 0. The van der Waals surface area contributed by atoms with Crippen molar-refractivity contribution >= 4 is 28.1 Å². The second-order valence-corrected chi connectivity index (χ2v) is 8.14. The summed E-state index contributed by atoms with van der Waals surface area (Å²) in [7, 11) is 1.45. The number of carboxylic acid groups (broad SMARTS) is 1. The molecule has 10 heteroatoms. The average Bonchev–Trinajstić information content (AvgIpc) is 2.79. The van der Waals surface area contributed by atoms with Crippen LogP contribution in [-0.4, -0.2) is 26.8 Å². The Labute approximate surface area is 191 Å². The first-order valence-corrected chi connectivity index (χ1v) is 10.6. The lowest BCUT2D eigenvalue weighted by Crippen LogP contribution is -2.30. The number of halogens is 4. The number of hydrogen-bond donors (Lipinski definition) is 2. The number of alkyl halides is 3. The van der Waals surface area contributed by atoms with Gasteiger partial charge in [0.15, 0.2) is 6.04 Å². The highest BCUT2D eigenvalue weighted by Gasteiger charge is 2.43. The first kappa shape index (κ1) is 23.5. The summed E-state index contributed by atoms with van der Waals surface area (Å²) in [4.78, 5) is 28.9. The van der Waals surface area contributed by atoms with Gasteiger partial charge in [0, 0.05) is 18.3 Å². The lowest BCUT2D eigenvalue weighted by atomic mass is 9.97. The Hall–Kier alpha value is -3.69. The molecule has 6 nitrogen and oxygen atoms in total. The molecule has 1 heterocycles. The molecule has 0 fully saturated rings. The summed E-state index contributed by atoms with van der Waals surface area (Å²) in [5.41, 5.74) is -1.48. The van der Waals surface area contributed by atoms with Gasteiger partial charge in [0.05, 0.1) is 16.5 Å². The van der Waals surface area contributed by atoms with Crippen molar-refractivity contribution < 1.29 is 27.5 Å². The van der Waals surface area contributed by atoms with E-state index in [-0.39, 0.29) is 28.0 Å². The molecular weight excluding hydrogens is 454 g/mol. The predicted octanol–water partition coefficient (Wildman–Crippen LogP) is 5.44.